The fourth-order valence-corrected chi connectivity index (χ4v) is 1.81. The summed E-state index contributed by atoms with van der Waals surface area (Å²) in [5.41, 5.74) is 0.468. The van der Waals surface area contributed by atoms with Gasteiger partial charge in [0.25, 0.3) is 0 Å². The van der Waals surface area contributed by atoms with Crippen LogP contribution in [0.2, 0.25) is 0 Å². The molecule has 0 saturated heterocycles. The molecular formula is C12H15NO3S. The molecule has 92 valence electrons. The van der Waals surface area contributed by atoms with Crippen LogP contribution in [0.3, 0.4) is 0 Å². The summed E-state index contributed by atoms with van der Waals surface area (Å²) in [5, 5.41) is 0. The molecule has 0 radical (unpaired) electrons. The van der Waals surface area contributed by atoms with Gasteiger partial charge in [-0.25, -0.2) is 8.42 Å². The van der Waals surface area contributed by atoms with Gasteiger partial charge >= 0.3 is 0 Å². The average molecular weight is 253 g/mol. The van der Waals surface area contributed by atoms with Gasteiger partial charge in [0.1, 0.15) is 0 Å². The van der Waals surface area contributed by atoms with E-state index in [1.165, 1.54) is 30.3 Å². The van der Waals surface area contributed by atoms with Gasteiger partial charge in [-0.3, -0.25) is 4.79 Å². The average Bonchev–Trinajstić information content (AvgIpc) is 2.25. The second-order valence-corrected chi connectivity index (χ2v) is 5.96. The Hall–Kier alpha value is -1.62. The zero-order chi connectivity index (χ0) is 13.1. The summed E-state index contributed by atoms with van der Waals surface area (Å²) in [6.45, 7) is 0. The Morgan fingerprint density at radius 3 is 2.12 bits per heavy atom. The molecule has 0 N–H and O–H groups in total. The van der Waals surface area contributed by atoms with Gasteiger partial charge in [-0.15, -0.1) is 0 Å². The zero-order valence-corrected chi connectivity index (χ0v) is 10.9. The van der Waals surface area contributed by atoms with E-state index in [1.54, 1.807) is 11.1 Å². The normalized spacial score (nSPS) is 11.7. The Labute approximate surface area is 101 Å². The molecule has 0 unspecified atom stereocenters. The van der Waals surface area contributed by atoms with Crippen LogP contribution in [-0.2, 0) is 9.84 Å². The second kappa shape index (κ2) is 5.14. The van der Waals surface area contributed by atoms with Gasteiger partial charge in [-0.2, -0.15) is 0 Å². The maximum atomic E-state index is 11.6. The maximum absolute atomic E-state index is 11.6. The molecule has 1 aromatic carbocycles. The van der Waals surface area contributed by atoms with Crippen molar-refractivity contribution in [1.82, 2.24) is 4.90 Å². The molecule has 0 aliphatic heterocycles. The summed E-state index contributed by atoms with van der Waals surface area (Å²) in [5.74, 6) is -0.154. The first-order chi connectivity index (χ1) is 7.80. The molecule has 0 spiro atoms. The van der Waals surface area contributed by atoms with Crippen LogP contribution in [0.15, 0.2) is 41.4 Å². The fraction of sp³-hybridized carbons (Fsp3) is 0.250. The highest BCUT2D eigenvalue weighted by atomic mass is 32.2. The zero-order valence-electron chi connectivity index (χ0n) is 10.0. The highest BCUT2D eigenvalue weighted by molar-refractivity contribution is 7.90. The Morgan fingerprint density at radius 2 is 1.71 bits per heavy atom. The molecule has 17 heavy (non-hydrogen) atoms. The predicted octanol–water partition coefficient (Wildman–Crippen LogP) is 1.35. The van der Waals surface area contributed by atoms with Crippen LogP contribution in [0, 0.1) is 0 Å². The van der Waals surface area contributed by atoms with E-state index in [4.69, 9.17) is 0 Å². The van der Waals surface area contributed by atoms with Crippen molar-refractivity contribution in [2.45, 2.75) is 4.90 Å². The lowest BCUT2D eigenvalue weighted by atomic mass is 10.1. The van der Waals surface area contributed by atoms with Gasteiger partial charge < -0.3 is 4.90 Å². The molecule has 0 heterocycles. The van der Waals surface area contributed by atoms with Crippen molar-refractivity contribution in [2.75, 3.05) is 20.4 Å². The van der Waals surface area contributed by atoms with Crippen molar-refractivity contribution in [1.29, 1.82) is 0 Å². The Kier molecular flexibility index (Phi) is 4.07. The third-order valence-corrected chi connectivity index (χ3v) is 3.22. The lowest BCUT2D eigenvalue weighted by Crippen LogP contribution is -2.03. The number of rotatable bonds is 4. The van der Waals surface area contributed by atoms with E-state index in [-0.39, 0.29) is 10.7 Å². The van der Waals surface area contributed by atoms with E-state index >= 15 is 0 Å². The fourth-order valence-electron chi connectivity index (χ4n) is 1.18. The smallest absolute Gasteiger partial charge is 0.187 e. The van der Waals surface area contributed by atoms with Crippen molar-refractivity contribution in [3.8, 4) is 0 Å². The van der Waals surface area contributed by atoms with Crippen LogP contribution < -0.4 is 0 Å². The highest BCUT2D eigenvalue weighted by Gasteiger charge is 2.08. The minimum Gasteiger partial charge on any atom is -0.383 e. The van der Waals surface area contributed by atoms with Crippen molar-refractivity contribution >= 4 is 15.6 Å². The molecule has 0 aliphatic rings. The summed E-state index contributed by atoms with van der Waals surface area (Å²) in [7, 11) is 0.423. The van der Waals surface area contributed by atoms with Gasteiger partial charge in [0.15, 0.2) is 15.6 Å². The molecule has 0 aliphatic carbocycles. The van der Waals surface area contributed by atoms with E-state index in [1.807, 2.05) is 14.1 Å². The highest BCUT2D eigenvalue weighted by Crippen LogP contribution is 2.11. The third kappa shape index (κ3) is 4.03. The number of hydrogen-bond acceptors (Lipinski definition) is 4. The first kappa shape index (κ1) is 13.4. The lowest BCUT2D eigenvalue weighted by Gasteiger charge is -2.03. The van der Waals surface area contributed by atoms with Gasteiger partial charge in [-0.05, 0) is 24.3 Å². The largest absolute Gasteiger partial charge is 0.383 e. The summed E-state index contributed by atoms with van der Waals surface area (Å²) < 4.78 is 22.4. The second-order valence-electron chi connectivity index (χ2n) is 3.94. The van der Waals surface area contributed by atoms with Gasteiger partial charge in [0.05, 0.1) is 4.90 Å². The topological polar surface area (TPSA) is 54.5 Å². The maximum Gasteiger partial charge on any atom is 0.187 e. The Balaban J connectivity index is 2.92. The quantitative estimate of drug-likeness (QED) is 0.600. The number of allylic oxidation sites excluding steroid dienone is 1. The minimum atomic E-state index is -3.21. The van der Waals surface area contributed by atoms with Crippen molar-refractivity contribution in [3.63, 3.8) is 0 Å². The molecule has 4 nitrogen and oxygen atoms in total. The van der Waals surface area contributed by atoms with Gasteiger partial charge in [0, 0.05) is 38.2 Å². The van der Waals surface area contributed by atoms with Crippen molar-refractivity contribution < 1.29 is 13.2 Å². The molecule has 0 aromatic heterocycles. The SMILES string of the molecule is CN(C)C=CC(=O)c1ccc(S(C)(=O)=O)cc1. The molecular weight excluding hydrogens is 238 g/mol. The first-order valence-corrected chi connectivity index (χ1v) is 6.89. The molecule has 1 rings (SSSR count). The molecule has 1 aromatic rings. The third-order valence-electron chi connectivity index (χ3n) is 2.09. The Bertz CT molecular complexity index is 527. The summed E-state index contributed by atoms with van der Waals surface area (Å²) >= 11 is 0. The van der Waals surface area contributed by atoms with Crippen molar-refractivity contribution in [2.24, 2.45) is 0 Å². The molecule has 5 heteroatoms. The summed E-state index contributed by atoms with van der Waals surface area (Å²) in [6, 6.07) is 5.90. The van der Waals surface area contributed by atoms with Crippen LogP contribution in [0.25, 0.3) is 0 Å². The number of carbonyl (C=O) groups is 1. The predicted molar refractivity (Wildman–Crippen MR) is 66.7 cm³/mol. The number of sulfone groups is 1. The summed E-state index contributed by atoms with van der Waals surface area (Å²) in [4.78, 5) is 13.6. The first-order valence-electron chi connectivity index (χ1n) is 5.00. The summed E-state index contributed by atoms with van der Waals surface area (Å²) in [6.07, 6.45) is 4.22. The monoisotopic (exact) mass is 253 g/mol. The molecule has 0 fully saturated rings. The van der Waals surface area contributed by atoms with E-state index in [0.29, 0.717) is 5.56 Å². The lowest BCUT2D eigenvalue weighted by molar-refractivity contribution is 0.104. The van der Waals surface area contributed by atoms with E-state index in [9.17, 15) is 13.2 Å². The van der Waals surface area contributed by atoms with E-state index < -0.39 is 9.84 Å². The number of benzene rings is 1. The van der Waals surface area contributed by atoms with E-state index in [0.717, 1.165) is 6.26 Å². The molecule has 0 amide bonds. The van der Waals surface area contributed by atoms with Crippen LogP contribution in [0.1, 0.15) is 10.4 Å². The molecule has 0 atom stereocenters. The number of hydrogen-bond donors (Lipinski definition) is 0. The van der Waals surface area contributed by atoms with Crippen LogP contribution in [-0.4, -0.2) is 39.5 Å². The van der Waals surface area contributed by atoms with Gasteiger partial charge in [-0.1, -0.05) is 0 Å². The van der Waals surface area contributed by atoms with Crippen molar-refractivity contribution in [3.05, 3.63) is 42.1 Å². The Morgan fingerprint density at radius 1 is 1.18 bits per heavy atom. The number of ketones is 1. The number of nitrogens with zero attached hydrogens (tertiary/aromatic N) is 1. The van der Waals surface area contributed by atoms with E-state index in [2.05, 4.69) is 0 Å². The molecule has 0 bridgehead atoms. The van der Waals surface area contributed by atoms with Crippen LogP contribution in [0.4, 0.5) is 0 Å². The minimum absolute atomic E-state index is 0.154. The standard InChI is InChI=1S/C12H15NO3S/c1-13(2)9-8-12(14)10-4-6-11(7-5-10)17(3,15)16/h4-9H,1-3H3. The number of carbonyl (C=O) groups excluding carboxylic acids is 1. The van der Waals surface area contributed by atoms with Gasteiger partial charge in [0.2, 0.25) is 0 Å². The molecule has 0 saturated carbocycles. The van der Waals surface area contributed by atoms with Crippen LogP contribution in [0.5, 0.6) is 0 Å². The van der Waals surface area contributed by atoms with Crippen LogP contribution >= 0.6 is 0 Å².